The standard InChI is InChI=1S/C13H15ClN2O2S/c14-10-3-1-9(2-4-10)7-19-8-12(17)16-13(18)15-11-5-6-11/h1-4,11H,5-8H2,(H2,15,16,17,18). The van der Waals surface area contributed by atoms with Crippen molar-refractivity contribution in [2.24, 2.45) is 0 Å². The molecule has 0 spiro atoms. The second-order valence-electron chi connectivity index (χ2n) is 4.42. The molecule has 3 amide bonds. The summed E-state index contributed by atoms with van der Waals surface area (Å²) in [5, 5.41) is 5.72. The zero-order valence-electron chi connectivity index (χ0n) is 10.3. The van der Waals surface area contributed by atoms with Crippen LogP contribution in [-0.4, -0.2) is 23.7 Å². The number of hydrogen-bond acceptors (Lipinski definition) is 3. The van der Waals surface area contributed by atoms with Crippen LogP contribution >= 0.6 is 23.4 Å². The highest BCUT2D eigenvalue weighted by Gasteiger charge is 2.23. The second kappa shape index (κ2) is 6.82. The summed E-state index contributed by atoms with van der Waals surface area (Å²) in [4.78, 5) is 22.8. The summed E-state index contributed by atoms with van der Waals surface area (Å²) in [5.74, 6) is 0.715. The van der Waals surface area contributed by atoms with Crippen LogP contribution in [0.25, 0.3) is 0 Å². The predicted octanol–water partition coefficient (Wildman–Crippen LogP) is 2.56. The molecule has 0 radical (unpaired) electrons. The molecule has 1 aromatic carbocycles. The van der Waals surface area contributed by atoms with E-state index in [0.717, 1.165) is 24.2 Å². The lowest BCUT2D eigenvalue weighted by atomic mass is 10.2. The second-order valence-corrected chi connectivity index (χ2v) is 5.84. The largest absolute Gasteiger partial charge is 0.335 e. The van der Waals surface area contributed by atoms with Crippen molar-refractivity contribution in [3.8, 4) is 0 Å². The van der Waals surface area contributed by atoms with Gasteiger partial charge < -0.3 is 5.32 Å². The van der Waals surface area contributed by atoms with Crippen molar-refractivity contribution in [2.45, 2.75) is 24.6 Å². The van der Waals surface area contributed by atoms with Gasteiger partial charge in [0.25, 0.3) is 0 Å². The number of amides is 3. The van der Waals surface area contributed by atoms with E-state index in [4.69, 9.17) is 11.6 Å². The van der Waals surface area contributed by atoms with E-state index in [1.807, 2.05) is 24.3 Å². The molecule has 102 valence electrons. The molecular formula is C13H15ClN2O2S. The molecule has 1 saturated carbocycles. The van der Waals surface area contributed by atoms with Crippen molar-refractivity contribution in [3.05, 3.63) is 34.9 Å². The number of benzene rings is 1. The zero-order chi connectivity index (χ0) is 13.7. The molecule has 0 bridgehead atoms. The number of halogens is 1. The fraction of sp³-hybridized carbons (Fsp3) is 0.385. The summed E-state index contributed by atoms with van der Waals surface area (Å²) < 4.78 is 0. The first-order valence-corrected chi connectivity index (χ1v) is 7.59. The number of carbonyl (C=O) groups is 2. The smallest absolute Gasteiger partial charge is 0.321 e. The number of thioether (sulfide) groups is 1. The third-order valence-corrected chi connectivity index (χ3v) is 3.84. The molecule has 6 heteroatoms. The highest BCUT2D eigenvalue weighted by atomic mass is 35.5. The van der Waals surface area contributed by atoms with Crippen molar-refractivity contribution in [1.82, 2.24) is 10.6 Å². The Bertz CT molecular complexity index is 460. The number of imide groups is 1. The van der Waals surface area contributed by atoms with Crippen molar-refractivity contribution in [1.29, 1.82) is 0 Å². The van der Waals surface area contributed by atoms with Crippen LogP contribution in [0.2, 0.25) is 5.02 Å². The molecule has 0 unspecified atom stereocenters. The van der Waals surface area contributed by atoms with E-state index in [2.05, 4.69) is 10.6 Å². The number of urea groups is 1. The van der Waals surface area contributed by atoms with E-state index in [9.17, 15) is 9.59 Å². The van der Waals surface area contributed by atoms with E-state index in [0.29, 0.717) is 5.02 Å². The Labute approximate surface area is 121 Å². The van der Waals surface area contributed by atoms with Crippen LogP contribution in [0.5, 0.6) is 0 Å². The van der Waals surface area contributed by atoms with Crippen molar-refractivity contribution >= 4 is 35.3 Å². The monoisotopic (exact) mass is 298 g/mol. The predicted molar refractivity (Wildman–Crippen MR) is 77.3 cm³/mol. The molecule has 1 aliphatic carbocycles. The molecule has 1 aliphatic rings. The van der Waals surface area contributed by atoms with Gasteiger partial charge in [-0.15, -0.1) is 11.8 Å². The van der Waals surface area contributed by atoms with E-state index in [1.54, 1.807) is 0 Å². The van der Waals surface area contributed by atoms with Crippen LogP contribution in [0.1, 0.15) is 18.4 Å². The summed E-state index contributed by atoms with van der Waals surface area (Å²) in [7, 11) is 0. The Morgan fingerprint density at radius 3 is 2.58 bits per heavy atom. The molecule has 0 aliphatic heterocycles. The average Bonchev–Trinajstić information content (AvgIpc) is 3.15. The van der Waals surface area contributed by atoms with Crippen LogP contribution in [0.4, 0.5) is 4.79 Å². The highest BCUT2D eigenvalue weighted by molar-refractivity contribution is 7.99. The third-order valence-electron chi connectivity index (χ3n) is 2.58. The molecule has 19 heavy (non-hydrogen) atoms. The van der Waals surface area contributed by atoms with E-state index in [1.165, 1.54) is 11.8 Å². The number of hydrogen-bond donors (Lipinski definition) is 2. The van der Waals surface area contributed by atoms with Gasteiger partial charge in [-0.05, 0) is 30.5 Å². The van der Waals surface area contributed by atoms with Gasteiger partial charge in [0.05, 0.1) is 5.75 Å². The van der Waals surface area contributed by atoms with Gasteiger partial charge in [-0.25, -0.2) is 4.79 Å². The first kappa shape index (κ1) is 14.2. The quantitative estimate of drug-likeness (QED) is 0.878. The minimum absolute atomic E-state index is 0.259. The lowest BCUT2D eigenvalue weighted by Crippen LogP contribution is -2.41. The molecule has 1 aromatic rings. The topological polar surface area (TPSA) is 58.2 Å². The number of carbonyl (C=O) groups excluding carboxylic acids is 2. The Balaban J connectivity index is 1.62. The van der Waals surface area contributed by atoms with Gasteiger partial charge in [0.2, 0.25) is 5.91 Å². The lowest BCUT2D eigenvalue weighted by molar-refractivity contribution is -0.117. The van der Waals surface area contributed by atoms with Crippen LogP contribution < -0.4 is 10.6 Å². The van der Waals surface area contributed by atoms with Gasteiger partial charge in [0.1, 0.15) is 0 Å². The Morgan fingerprint density at radius 1 is 1.26 bits per heavy atom. The lowest BCUT2D eigenvalue weighted by Gasteiger charge is -2.05. The van der Waals surface area contributed by atoms with Gasteiger partial charge in [-0.1, -0.05) is 23.7 Å². The molecule has 0 atom stereocenters. The summed E-state index contributed by atoms with van der Waals surface area (Å²) in [5.41, 5.74) is 1.10. The minimum Gasteiger partial charge on any atom is -0.335 e. The maximum Gasteiger partial charge on any atom is 0.321 e. The fourth-order valence-corrected chi connectivity index (χ4v) is 2.37. The van der Waals surface area contributed by atoms with Gasteiger partial charge in [-0.3, -0.25) is 10.1 Å². The fourth-order valence-electron chi connectivity index (χ4n) is 1.45. The maximum absolute atomic E-state index is 11.5. The van der Waals surface area contributed by atoms with E-state index < -0.39 is 0 Å². The van der Waals surface area contributed by atoms with Gasteiger partial charge in [0, 0.05) is 16.8 Å². The number of rotatable bonds is 5. The molecule has 0 aromatic heterocycles. The van der Waals surface area contributed by atoms with Crippen LogP contribution in [0.15, 0.2) is 24.3 Å². The molecule has 0 heterocycles. The summed E-state index contributed by atoms with van der Waals surface area (Å²) in [6.07, 6.45) is 2.01. The minimum atomic E-state index is -0.389. The summed E-state index contributed by atoms with van der Waals surface area (Å²) in [6, 6.07) is 7.36. The normalized spacial score (nSPS) is 13.9. The van der Waals surface area contributed by atoms with Crippen molar-refractivity contribution in [3.63, 3.8) is 0 Å². The van der Waals surface area contributed by atoms with Crippen molar-refractivity contribution < 1.29 is 9.59 Å². The van der Waals surface area contributed by atoms with Crippen LogP contribution in [0, 0.1) is 0 Å². The zero-order valence-corrected chi connectivity index (χ0v) is 11.9. The van der Waals surface area contributed by atoms with Gasteiger partial charge in [-0.2, -0.15) is 0 Å². The molecule has 4 nitrogen and oxygen atoms in total. The van der Waals surface area contributed by atoms with Gasteiger partial charge in [0.15, 0.2) is 0 Å². The third kappa shape index (κ3) is 5.53. The SMILES string of the molecule is O=C(CSCc1ccc(Cl)cc1)NC(=O)NC1CC1. The first-order chi connectivity index (χ1) is 9.13. The molecule has 1 fully saturated rings. The summed E-state index contributed by atoms with van der Waals surface area (Å²) in [6.45, 7) is 0. The highest BCUT2D eigenvalue weighted by Crippen LogP contribution is 2.18. The molecule has 0 saturated heterocycles. The summed E-state index contributed by atoms with van der Waals surface area (Å²) >= 11 is 7.25. The first-order valence-electron chi connectivity index (χ1n) is 6.06. The molecule has 2 rings (SSSR count). The Hall–Kier alpha value is -1.20. The van der Waals surface area contributed by atoms with E-state index in [-0.39, 0.29) is 23.7 Å². The van der Waals surface area contributed by atoms with Crippen LogP contribution in [-0.2, 0) is 10.5 Å². The average molecular weight is 299 g/mol. The van der Waals surface area contributed by atoms with Crippen LogP contribution in [0.3, 0.4) is 0 Å². The number of nitrogens with one attached hydrogen (secondary N) is 2. The van der Waals surface area contributed by atoms with E-state index >= 15 is 0 Å². The maximum atomic E-state index is 11.5. The molecule has 2 N–H and O–H groups in total. The van der Waals surface area contributed by atoms with Gasteiger partial charge >= 0.3 is 6.03 Å². The Kier molecular flexibility index (Phi) is 5.10. The Morgan fingerprint density at radius 2 is 1.95 bits per heavy atom. The molecular weight excluding hydrogens is 284 g/mol. The van der Waals surface area contributed by atoms with Crippen molar-refractivity contribution in [2.75, 3.05) is 5.75 Å².